The molecule has 0 saturated heterocycles. The summed E-state index contributed by atoms with van der Waals surface area (Å²) in [4.78, 5) is 0. The maximum atomic E-state index is 10.9. The Morgan fingerprint density at radius 2 is 0.258 bits per heavy atom. The summed E-state index contributed by atoms with van der Waals surface area (Å²) in [5.74, 6) is -0.223. The van der Waals surface area contributed by atoms with Crippen molar-refractivity contribution in [1.82, 2.24) is 0 Å². The second kappa shape index (κ2) is 38.1. The molecule has 20 heteroatoms. The Morgan fingerprint density at radius 1 is 0.150 bits per heavy atom. The van der Waals surface area contributed by atoms with Crippen LogP contribution < -0.4 is 85.1 Å². The smallest absolute Gasteiger partial charge is 0.264 e. The van der Waals surface area contributed by atoms with Crippen LogP contribution in [0.5, 0.6) is 0 Å². The molecule has 0 amide bonds. The highest BCUT2D eigenvalue weighted by molar-refractivity contribution is 7.85. The average Bonchev–Trinajstić information content (AvgIpc) is 0.865. The van der Waals surface area contributed by atoms with E-state index in [1.807, 2.05) is 78.9 Å². The van der Waals surface area contributed by atoms with Crippen LogP contribution in [0.4, 0.5) is 176 Å². The van der Waals surface area contributed by atoms with E-state index in [2.05, 4.69) is 401 Å². The maximum Gasteiger partial charge on any atom is 0.264 e. The minimum absolute atomic E-state index is 0.223. The lowest BCUT2D eigenvalue weighted by Crippen LogP contribution is -2.07. The summed E-state index contributed by atoms with van der Waals surface area (Å²) in [6.07, 6.45) is 1.04. The van der Waals surface area contributed by atoms with Crippen LogP contribution in [0.2, 0.25) is 0 Å². The predicted molar refractivity (Wildman–Crippen MR) is 506 cm³/mol. The Morgan fingerprint density at radius 3 is 0.375 bits per heavy atom. The van der Waals surface area contributed by atoms with Gasteiger partial charge in [0, 0.05) is 183 Å². The lowest BCUT2D eigenvalue weighted by Gasteiger charge is -2.13. The molecule has 0 unspecified atom stereocenters. The molecule has 16 aromatic rings. The molecule has 16 rings (SSSR count). The normalized spacial score (nSPS) is 10.9. The van der Waals surface area contributed by atoms with E-state index < -0.39 is 10.1 Å². The lowest BCUT2D eigenvalue weighted by atomic mass is 10.2. The van der Waals surface area contributed by atoms with E-state index in [1.54, 1.807) is 0 Å². The number of para-hydroxylation sites is 1. The van der Waals surface area contributed by atoms with E-state index in [9.17, 15) is 8.42 Å². The first-order valence-electron chi connectivity index (χ1n) is 39.6. The molecule has 17 N–H and O–H groups in total. The van der Waals surface area contributed by atoms with Crippen molar-refractivity contribution in [2.24, 2.45) is 0 Å². The fourth-order valence-corrected chi connectivity index (χ4v) is 13.8. The van der Waals surface area contributed by atoms with Crippen LogP contribution in [-0.2, 0) is 10.1 Å². The molecule has 594 valence electrons. The first-order valence-corrected chi connectivity index (χ1v) is 41.2. The van der Waals surface area contributed by atoms with Gasteiger partial charge in [0.2, 0.25) is 0 Å². The number of benzene rings is 16. The third-order valence-electron chi connectivity index (χ3n) is 19.5. The molecule has 0 aliphatic rings. The number of hydrogen-bond acceptors (Lipinski definition) is 18. The molecule has 0 aliphatic heterocycles. The molecular weight excluding hydrogens is 1510 g/mol. The van der Waals surface area contributed by atoms with E-state index in [1.165, 1.54) is 0 Å². The topological polar surface area (TPSA) is 247 Å². The van der Waals surface area contributed by atoms with E-state index in [0.717, 1.165) is 176 Å². The van der Waals surface area contributed by atoms with Gasteiger partial charge in [-0.25, -0.2) is 0 Å². The second-order valence-electron chi connectivity index (χ2n) is 28.8. The summed E-state index contributed by atoms with van der Waals surface area (Å²) >= 11 is 0. The molecule has 120 heavy (non-hydrogen) atoms. The van der Waals surface area contributed by atoms with E-state index in [4.69, 9.17) is 4.55 Å². The Bertz CT molecular complexity index is 5980. The van der Waals surface area contributed by atoms with Crippen LogP contribution in [-0.4, -0.2) is 25.3 Å². The quantitative estimate of drug-likeness (QED) is 0.0129. The molecule has 0 fully saturated rings. The van der Waals surface area contributed by atoms with Crippen molar-refractivity contribution in [2.45, 2.75) is 12.8 Å². The molecular formula is C100H90N16O3S. The van der Waals surface area contributed by atoms with Crippen molar-refractivity contribution >= 4 is 186 Å². The van der Waals surface area contributed by atoms with E-state index in [0.29, 0.717) is 19.4 Å². The highest BCUT2D eigenvalue weighted by Crippen LogP contribution is 2.34. The average molecular weight is 1600 g/mol. The second-order valence-corrected chi connectivity index (χ2v) is 30.4. The van der Waals surface area contributed by atoms with Crippen LogP contribution in [0.1, 0.15) is 12.8 Å². The zero-order chi connectivity index (χ0) is 81.5. The minimum Gasteiger partial charge on any atom is -0.385 e. The SMILES string of the molecule is O=S(=O)(O)CCCCNc1ccc(Nc2ccc(Nc3ccc(Nc4ccc(Nc5ccc(Nc6ccc(Nc7ccc(Nc8ccc(Nc9ccc(Nc%10ccc(Nc%11ccc(Nc%12ccc(Nc%13ccc(Nc%14ccc(Nc%15ccc(Nc%16ccccc%16)cc%15)cc%14)cc%13)cc%12)cc%11)cc%10)cc9)cc8)cc7)cc6)cc5)cc4)cc3)cc2)cc1. The molecule has 0 spiro atoms. The highest BCUT2D eigenvalue weighted by Gasteiger charge is 2.10. The molecule has 0 aliphatic carbocycles. The van der Waals surface area contributed by atoms with Gasteiger partial charge in [-0.3, -0.25) is 4.55 Å². The van der Waals surface area contributed by atoms with E-state index in [-0.39, 0.29) is 5.75 Å². The zero-order valence-corrected chi connectivity index (χ0v) is 66.3. The van der Waals surface area contributed by atoms with Gasteiger partial charge < -0.3 is 85.1 Å². The first kappa shape index (κ1) is 78.1. The van der Waals surface area contributed by atoms with Gasteiger partial charge in [0.1, 0.15) is 0 Å². The monoisotopic (exact) mass is 1590 g/mol. The third-order valence-corrected chi connectivity index (χ3v) is 20.3. The molecule has 19 nitrogen and oxygen atoms in total. The number of hydrogen-bond donors (Lipinski definition) is 17. The van der Waals surface area contributed by atoms with Crippen molar-refractivity contribution in [1.29, 1.82) is 0 Å². The van der Waals surface area contributed by atoms with Gasteiger partial charge in [-0.15, -0.1) is 0 Å². The molecule has 16 aromatic carbocycles. The van der Waals surface area contributed by atoms with Crippen molar-refractivity contribution in [3.05, 3.63) is 394 Å². The summed E-state index contributed by atoms with van der Waals surface area (Å²) in [5, 5.41) is 55.8. The van der Waals surface area contributed by atoms with Crippen molar-refractivity contribution in [2.75, 3.05) is 97.4 Å². The molecule has 0 aromatic heterocycles. The van der Waals surface area contributed by atoms with Crippen molar-refractivity contribution in [3.8, 4) is 0 Å². The molecule has 0 heterocycles. The number of nitrogens with one attached hydrogen (secondary N) is 16. The molecule has 0 bridgehead atoms. The summed E-state index contributed by atoms with van der Waals surface area (Å²) in [5.41, 5.74) is 30.7. The van der Waals surface area contributed by atoms with Gasteiger partial charge in [0.25, 0.3) is 10.1 Å². The Hall–Kier alpha value is -15.8. The summed E-state index contributed by atoms with van der Waals surface area (Å²) in [6.45, 7) is 0.619. The lowest BCUT2D eigenvalue weighted by molar-refractivity contribution is 0.480. The van der Waals surface area contributed by atoms with E-state index >= 15 is 0 Å². The molecule has 0 atom stereocenters. The number of unbranched alkanes of at least 4 members (excludes halogenated alkanes) is 1. The first-order chi connectivity index (χ1) is 58.8. The van der Waals surface area contributed by atoms with Crippen molar-refractivity contribution in [3.63, 3.8) is 0 Å². The maximum absolute atomic E-state index is 10.9. The van der Waals surface area contributed by atoms with Crippen LogP contribution in [0.15, 0.2) is 394 Å². The summed E-state index contributed by atoms with van der Waals surface area (Å²) in [7, 11) is -3.92. The fraction of sp³-hybridized carbons (Fsp3) is 0.0400. The highest BCUT2D eigenvalue weighted by atomic mass is 32.2. The minimum atomic E-state index is -3.92. The van der Waals surface area contributed by atoms with Crippen LogP contribution in [0.3, 0.4) is 0 Å². The van der Waals surface area contributed by atoms with Gasteiger partial charge in [-0.1, -0.05) is 18.2 Å². The van der Waals surface area contributed by atoms with Crippen LogP contribution in [0, 0.1) is 0 Å². The number of anilines is 31. The van der Waals surface area contributed by atoms with Gasteiger partial charge in [0.15, 0.2) is 0 Å². The predicted octanol–water partition coefficient (Wildman–Crippen LogP) is 27.9. The van der Waals surface area contributed by atoms with Crippen LogP contribution in [0.25, 0.3) is 0 Å². The van der Waals surface area contributed by atoms with Gasteiger partial charge >= 0.3 is 0 Å². The summed E-state index contributed by atoms with van der Waals surface area (Å²) in [6, 6.07) is 134. The third kappa shape index (κ3) is 23.5. The van der Waals surface area contributed by atoms with Crippen molar-refractivity contribution < 1.29 is 13.0 Å². The Kier molecular flexibility index (Phi) is 24.8. The standard InChI is InChI=1S/C100H90N16O3S/c117-120(118,119)69-5-4-68-101-70-8-10-72(11-9-70)103-74-16-18-76(19-17-74)105-78-24-26-80(27-25-78)107-82-32-34-84(35-33-82)109-86-40-42-88(43-41-86)111-90-48-50-92(51-49-90)113-94-56-58-96(59-57-94)115-98-64-66-100(67-65-98)116-99-62-60-97(61-63-99)114-95-54-52-93(53-55-95)112-91-46-44-89(45-47-91)110-87-38-36-85(37-39-87)108-83-30-28-81(29-31-83)106-79-22-20-77(21-23-79)104-75-14-12-73(13-15-75)102-71-6-2-1-3-7-71/h1-3,6-67,101-116H,4-5,68-69H2,(H,117,118,119). The van der Waals surface area contributed by atoms with Crippen LogP contribution >= 0.6 is 0 Å². The van der Waals surface area contributed by atoms with Gasteiger partial charge in [-0.05, 0) is 389 Å². The zero-order valence-electron chi connectivity index (χ0n) is 65.5. The van der Waals surface area contributed by atoms with Gasteiger partial charge in [-0.2, -0.15) is 8.42 Å². The fourth-order valence-electron chi connectivity index (χ4n) is 13.3. The molecule has 0 saturated carbocycles. The summed E-state index contributed by atoms with van der Waals surface area (Å²) < 4.78 is 30.7. The Labute approximate surface area is 699 Å². The largest absolute Gasteiger partial charge is 0.385 e. The molecule has 0 radical (unpaired) electrons. The number of rotatable bonds is 36. The van der Waals surface area contributed by atoms with Gasteiger partial charge in [0.05, 0.1) is 5.75 Å². The Balaban J connectivity index is 0.409.